The highest BCUT2D eigenvalue weighted by Crippen LogP contribution is 2.18. The van der Waals surface area contributed by atoms with E-state index in [9.17, 15) is 0 Å². The molecule has 120 valence electrons. The van der Waals surface area contributed by atoms with Crippen LogP contribution in [-0.4, -0.2) is 23.1 Å². The number of aryl methyl sites for hydroxylation is 1. The molecule has 1 N–H and O–H groups in total. The minimum Gasteiger partial charge on any atom is -0.477 e. The standard InChI is InChI=1S/C17H31N3O/c1-5-9-10-14(7-3)13-21-17-12-16(18-11-6-2)19-15(8-4)20-17/h12,14H,5-11,13H2,1-4H3,(H,18,19,20). The van der Waals surface area contributed by atoms with Crippen LogP contribution in [0.3, 0.4) is 0 Å². The second kappa shape index (κ2) is 10.4. The quantitative estimate of drug-likeness (QED) is 0.654. The summed E-state index contributed by atoms with van der Waals surface area (Å²) < 4.78 is 5.93. The molecule has 0 radical (unpaired) electrons. The lowest BCUT2D eigenvalue weighted by molar-refractivity contribution is 0.225. The van der Waals surface area contributed by atoms with E-state index >= 15 is 0 Å². The van der Waals surface area contributed by atoms with Crippen LogP contribution in [0.2, 0.25) is 0 Å². The fourth-order valence-corrected chi connectivity index (χ4v) is 2.15. The first kappa shape index (κ1) is 17.7. The van der Waals surface area contributed by atoms with Crippen LogP contribution in [0.4, 0.5) is 5.82 Å². The second-order valence-electron chi connectivity index (χ2n) is 5.52. The molecule has 0 aliphatic heterocycles. The fourth-order valence-electron chi connectivity index (χ4n) is 2.15. The van der Waals surface area contributed by atoms with Crippen molar-refractivity contribution in [2.45, 2.75) is 66.2 Å². The van der Waals surface area contributed by atoms with E-state index in [2.05, 4.69) is 43.0 Å². The molecule has 0 aromatic carbocycles. The summed E-state index contributed by atoms with van der Waals surface area (Å²) in [4.78, 5) is 8.96. The van der Waals surface area contributed by atoms with Gasteiger partial charge in [-0.3, -0.25) is 0 Å². The van der Waals surface area contributed by atoms with Crippen LogP contribution in [0.1, 0.15) is 65.6 Å². The van der Waals surface area contributed by atoms with E-state index < -0.39 is 0 Å². The van der Waals surface area contributed by atoms with Gasteiger partial charge in [-0.1, -0.05) is 47.0 Å². The zero-order valence-corrected chi connectivity index (χ0v) is 14.1. The topological polar surface area (TPSA) is 47.0 Å². The van der Waals surface area contributed by atoms with Gasteiger partial charge >= 0.3 is 0 Å². The lowest BCUT2D eigenvalue weighted by Crippen LogP contribution is -2.13. The Bertz CT molecular complexity index is 396. The highest BCUT2D eigenvalue weighted by Gasteiger charge is 2.09. The maximum Gasteiger partial charge on any atom is 0.218 e. The van der Waals surface area contributed by atoms with Crippen LogP contribution in [0.25, 0.3) is 0 Å². The Kier molecular flexibility index (Phi) is 8.79. The Morgan fingerprint density at radius 3 is 2.57 bits per heavy atom. The van der Waals surface area contributed by atoms with E-state index in [1.807, 2.05) is 6.07 Å². The minimum atomic E-state index is 0.622. The van der Waals surface area contributed by atoms with Gasteiger partial charge in [-0.2, -0.15) is 4.98 Å². The van der Waals surface area contributed by atoms with Crippen molar-refractivity contribution in [1.29, 1.82) is 0 Å². The summed E-state index contributed by atoms with van der Waals surface area (Å²) in [5.41, 5.74) is 0. The Morgan fingerprint density at radius 2 is 1.95 bits per heavy atom. The molecule has 1 rings (SSSR count). The first-order chi connectivity index (χ1) is 10.2. The van der Waals surface area contributed by atoms with Crippen LogP contribution in [-0.2, 0) is 6.42 Å². The zero-order chi connectivity index (χ0) is 15.5. The Balaban J connectivity index is 2.63. The molecule has 0 amide bonds. The van der Waals surface area contributed by atoms with E-state index in [1.54, 1.807) is 0 Å². The zero-order valence-electron chi connectivity index (χ0n) is 14.1. The maximum absolute atomic E-state index is 5.93. The third-order valence-electron chi connectivity index (χ3n) is 3.63. The molecule has 1 heterocycles. The number of anilines is 1. The number of rotatable bonds is 11. The van der Waals surface area contributed by atoms with Gasteiger partial charge in [-0.25, -0.2) is 4.98 Å². The molecule has 1 unspecified atom stereocenters. The predicted octanol–water partition coefficient (Wildman–Crippen LogP) is 4.46. The highest BCUT2D eigenvalue weighted by molar-refractivity contribution is 5.38. The third-order valence-corrected chi connectivity index (χ3v) is 3.63. The van der Waals surface area contributed by atoms with E-state index in [0.717, 1.165) is 44.1 Å². The molecule has 1 aromatic heterocycles. The summed E-state index contributed by atoms with van der Waals surface area (Å²) in [6.45, 7) is 10.4. The van der Waals surface area contributed by atoms with Crippen LogP contribution in [0, 0.1) is 5.92 Å². The van der Waals surface area contributed by atoms with Crippen molar-refractivity contribution < 1.29 is 4.74 Å². The van der Waals surface area contributed by atoms with Crippen molar-refractivity contribution in [2.75, 3.05) is 18.5 Å². The van der Waals surface area contributed by atoms with Gasteiger partial charge in [0, 0.05) is 19.0 Å². The molecular weight excluding hydrogens is 262 g/mol. The minimum absolute atomic E-state index is 0.622. The molecule has 0 aliphatic rings. The van der Waals surface area contributed by atoms with Crippen LogP contribution < -0.4 is 10.1 Å². The molecule has 4 heteroatoms. The molecule has 0 bridgehead atoms. The van der Waals surface area contributed by atoms with Crippen molar-refractivity contribution >= 4 is 5.82 Å². The van der Waals surface area contributed by atoms with Gasteiger partial charge < -0.3 is 10.1 Å². The van der Waals surface area contributed by atoms with Crippen molar-refractivity contribution in [2.24, 2.45) is 5.92 Å². The van der Waals surface area contributed by atoms with Crippen LogP contribution >= 0.6 is 0 Å². The van der Waals surface area contributed by atoms with Crippen LogP contribution in [0.5, 0.6) is 5.88 Å². The number of nitrogens with zero attached hydrogens (tertiary/aromatic N) is 2. The summed E-state index contributed by atoms with van der Waals surface area (Å²) >= 11 is 0. The average Bonchev–Trinajstić information content (AvgIpc) is 2.52. The summed E-state index contributed by atoms with van der Waals surface area (Å²) in [5.74, 6) is 3.04. The Labute approximate surface area is 129 Å². The van der Waals surface area contributed by atoms with Gasteiger partial charge in [-0.05, 0) is 18.8 Å². The van der Waals surface area contributed by atoms with E-state index in [0.29, 0.717) is 11.8 Å². The second-order valence-corrected chi connectivity index (χ2v) is 5.52. The molecule has 0 saturated heterocycles. The van der Waals surface area contributed by atoms with Gasteiger partial charge in [0.2, 0.25) is 5.88 Å². The summed E-state index contributed by atoms with van der Waals surface area (Å²) in [5, 5.41) is 3.31. The van der Waals surface area contributed by atoms with Gasteiger partial charge in [0.15, 0.2) is 0 Å². The third kappa shape index (κ3) is 6.78. The van der Waals surface area contributed by atoms with Gasteiger partial charge in [-0.15, -0.1) is 0 Å². The number of aromatic nitrogens is 2. The molecule has 0 saturated carbocycles. The summed E-state index contributed by atoms with van der Waals surface area (Å²) in [6, 6.07) is 1.92. The average molecular weight is 293 g/mol. The van der Waals surface area contributed by atoms with E-state index in [-0.39, 0.29) is 0 Å². The lowest BCUT2D eigenvalue weighted by atomic mass is 10.0. The van der Waals surface area contributed by atoms with Gasteiger partial charge in [0.05, 0.1) is 6.61 Å². The number of hydrogen-bond acceptors (Lipinski definition) is 4. The number of unbranched alkanes of at least 4 members (excludes halogenated alkanes) is 1. The first-order valence-corrected chi connectivity index (χ1v) is 8.47. The normalized spacial score (nSPS) is 12.2. The van der Waals surface area contributed by atoms with Gasteiger partial charge in [0.25, 0.3) is 0 Å². The van der Waals surface area contributed by atoms with Gasteiger partial charge in [0.1, 0.15) is 11.6 Å². The highest BCUT2D eigenvalue weighted by atomic mass is 16.5. The van der Waals surface area contributed by atoms with Crippen LogP contribution in [0.15, 0.2) is 6.07 Å². The smallest absolute Gasteiger partial charge is 0.218 e. The fraction of sp³-hybridized carbons (Fsp3) is 0.765. The molecule has 21 heavy (non-hydrogen) atoms. The number of ether oxygens (including phenoxy) is 1. The van der Waals surface area contributed by atoms with E-state index in [4.69, 9.17) is 4.74 Å². The molecule has 0 aliphatic carbocycles. The monoisotopic (exact) mass is 293 g/mol. The van der Waals surface area contributed by atoms with Crippen molar-refractivity contribution in [3.63, 3.8) is 0 Å². The molecule has 1 aromatic rings. The van der Waals surface area contributed by atoms with E-state index in [1.165, 1.54) is 19.3 Å². The first-order valence-electron chi connectivity index (χ1n) is 8.47. The molecule has 0 spiro atoms. The summed E-state index contributed by atoms with van der Waals surface area (Å²) in [7, 11) is 0. The SMILES string of the molecule is CCCCC(CC)COc1cc(NCCC)nc(CC)n1. The van der Waals surface area contributed by atoms with Crippen molar-refractivity contribution in [1.82, 2.24) is 9.97 Å². The molecule has 4 nitrogen and oxygen atoms in total. The molecule has 0 fully saturated rings. The lowest BCUT2D eigenvalue weighted by Gasteiger charge is -2.16. The molecular formula is C17H31N3O. The van der Waals surface area contributed by atoms with Crippen molar-refractivity contribution in [3.05, 3.63) is 11.9 Å². The number of hydrogen-bond donors (Lipinski definition) is 1. The predicted molar refractivity (Wildman–Crippen MR) is 89.0 cm³/mol. The molecule has 1 atom stereocenters. The van der Waals surface area contributed by atoms with Crippen molar-refractivity contribution in [3.8, 4) is 5.88 Å². The summed E-state index contributed by atoms with van der Waals surface area (Å²) in [6.07, 6.45) is 6.82. The maximum atomic E-state index is 5.93. The Hall–Kier alpha value is -1.32. The number of nitrogens with one attached hydrogen (secondary N) is 1. The Morgan fingerprint density at radius 1 is 1.14 bits per heavy atom. The largest absolute Gasteiger partial charge is 0.477 e.